The molecule has 2 saturated heterocycles. The number of benzene rings is 2. The number of rotatable bonds is 3. The Hall–Kier alpha value is -1.65. The normalized spacial score (nSPS) is 30.0. The summed E-state index contributed by atoms with van der Waals surface area (Å²) in [6.07, 6.45) is 2.30. The standard InChI is InChI=1S/C19H21NO2S/c21-23(22)15-19(20-13-7-8-14-20,17-11-5-2-6-12-17)18(23)16-9-3-1-4-10-16/h1-6,9-12,18H,7-8,13-15H2/t18-,19+/m1/s1. The smallest absolute Gasteiger partial charge is 0.161 e. The van der Waals surface area contributed by atoms with E-state index in [2.05, 4.69) is 17.0 Å². The van der Waals surface area contributed by atoms with E-state index >= 15 is 0 Å². The molecule has 2 heterocycles. The Balaban J connectivity index is 1.89. The molecule has 0 amide bonds. The van der Waals surface area contributed by atoms with Crippen LogP contribution >= 0.6 is 0 Å². The van der Waals surface area contributed by atoms with E-state index in [4.69, 9.17) is 0 Å². The lowest BCUT2D eigenvalue weighted by molar-refractivity contribution is 0.110. The summed E-state index contributed by atoms with van der Waals surface area (Å²) in [6.45, 7) is 1.96. The van der Waals surface area contributed by atoms with Crippen LogP contribution in [0, 0.1) is 0 Å². The van der Waals surface area contributed by atoms with Crippen LogP contribution in [0.15, 0.2) is 60.7 Å². The monoisotopic (exact) mass is 327 g/mol. The number of nitrogens with zero attached hydrogens (tertiary/aromatic N) is 1. The molecule has 0 N–H and O–H groups in total. The number of sulfone groups is 1. The van der Waals surface area contributed by atoms with E-state index in [1.807, 2.05) is 48.5 Å². The Morgan fingerprint density at radius 1 is 0.870 bits per heavy atom. The lowest BCUT2D eigenvalue weighted by atomic mass is 9.82. The predicted octanol–water partition coefficient (Wildman–Crippen LogP) is 3.15. The molecule has 2 fully saturated rings. The van der Waals surface area contributed by atoms with Crippen molar-refractivity contribution >= 4 is 9.84 Å². The van der Waals surface area contributed by atoms with Crippen molar-refractivity contribution in [1.82, 2.24) is 4.90 Å². The van der Waals surface area contributed by atoms with Crippen LogP contribution in [0.3, 0.4) is 0 Å². The molecule has 3 nitrogen and oxygen atoms in total. The quantitative estimate of drug-likeness (QED) is 0.869. The summed E-state index contributed by atoms with van der Waals surface area (Å²) in [5.41, 5.74) is 1.64. The highest BCUT2D eigenvalue weighted by atomic mass is 32.2. The van der Waals surface area contributed by atoms with Gasteiger partial charge in [-0.15, -0.1) is 0 Å². The van der Waals surface area contributed by atoms with Gasteiger partial charge in [0.25, 0.3) is 0 Å². The topological polar surface area (TPSA) is 37.4 Å². The van der Waals surface area contributed by atoms with Crippen molar-refractivity contribution in [1.29, 1.82) is 0 Å². The fourth-order valence-corrected chi connectivity index (χ4v) is 6.82. The van der Waals surface area contributed by atoms with Gasteiger partial charge in [-0.3, -0.25) is 4.90 Å². The molecule has 0 aromatic heterocycles. The van der Waals surface area contributed by atoms with Crippen LogP contribution in [0.5, 0.6) is 0 Å². The minimum absolute atomic E-state index is 0.226. The van der Waals surface area contributed by atoms with E-state index in [9.17, 15) is 8.42 Å². The molecule has 23 heavy (non-hydrogen) atoms. The fourth-order valence-electron chi connectivity index (χ4n) is 4.29. The Morgan fingerprint density at radius 3 is 2.00 bits per heavy atom. The second-order valence-electron chi connectivity index (χ2n) is 6.58. The average Bonchev–Trinajstić information content (AvgIpc) is 3.09. The second kappa shape index (κ2) is 5.46. The molecule has 0 aliphatic carbocycles. The fraction of sp³-hybridized carbons (Fsp3) is 0.368. The first-order valence-corrected chi connectivity index (χ1v) is 9.93. The van der Waals surface area contributed by atoms with Gasteiger partial charge in [0.1, 0.15) is 5.25 Å². The van der Waals surface area contributed by atoms with Crippen molar-refractivity contribution in [3.63, 3.8) is 0 Å². The third kappa shape index (κ3) is 2.24. The molecule has 2 aromatic rings. The van der Waals surface area contributed by atoms with Crippen LogP contribution in [0.2, 0.25) is 0 Å². The van der Waals surface area contributed by atoms with Gasteiger partial charge in [-0.2, -0.15) is 0 Å². The van der Waals surface area contributed by atoms with Gasteiger partial charge in [0, 0.05) is 0 Å². The molecule has 120 valence electrons. The van der Waals surface area contributed by atoms with Crippen LogP contribution in [-0.4, -0.2) is 32.2 Å². The first-order valence-electron chi connectivity index (χ1n) is 8.22. The van der Waals surface area contributed by atoms with Crippen LogP contribution in [-0.2, 0) is 15.4 Å². The Kier molecular flexibility index (Phi) is 3.54. The highest BCUT2D eigenvalue weighted by Crippen LogP contribution is 2.55. The van der Waals surface area contributed by atoms with Gasteiger partial charge in [0.15, 0.2) is 9.84 Å². The van der Waals surface area contributed by atoms with Gasteiger partial charge in [-0.05, 0) is 37.1 Å². The van der Waals surface area contributed by atoms with E-state index in [1.165, 1.54) is 0 Å². The van der Waals surface area contributed by atoms with E-state index < -0.39 is 20.6 Å². The summed E-state index contributed by atoms with van der Waals surface area (Å²) in [5, 5.41) is -0.461. The summed E-state index contributed by atoms with van der Waals surface area (Å²) in [6, 6.07) is 19.9. The minimum Gasteiger partial charge on any atom is -0.291 e. The molecule has 2 aliphatic heterocycles. The van der Waals surface area contributed by atoms with Gasteiger partial charge >= 0.3 is 0 Å². The number of hydrogen-bond donors (Lipinski definition) is 0. The summed E-state index contributed by atoms with van der Waals surface area (Å²) < 4.78 is 25.5. The highest BCUT2D eigenvalue weighted by Gasteiger charge is 2.63. The number of hydrogen-bond acceptors (Lipinski definition) is 3. The van der Waals surface area contributed by atoms with Gasteiger partial charge < -0.3 is 0 Å². The third-order valence-corrected chi connectivity index (χ3v) is 7.48. The second-order valence-corrected chi connectivity index (χ2v) is 8.67. The zero-order chi connectivity index (χ0) is 15.9. The van der Waals surface area contributed by atoms with Gasteiger partial charge in [-0.25, -0.2) is 8.42 Å². The SMILES string of the molecule is O=S1(=O)C[C@@](c2ccccc2)(N2CCCC2)[C@H]1c1ccccc1. The lowest BCUT2D eigenvalue weighted by Crippen LogP contribution is -2.63. The van der Waals surface area contributed by atoms with Crippen molar-refractivity contribution < 1.29 is 8.42 Å². The zero-order valence-corrected chi connectivity index (χ0v) is 13.9. The number of likely N-dealkylation sites (tertiary alicyclic amines) is 1. The average molecular weight is 327 g/mol. The Bertz CT molecular complexity index is 783. The maximum Gasteiger partial charge on any atom is 0.161 e. The molecular formula is C19H21NO2S. The van der Waals surface area contributed by atoms with Crippen molar-refractivity contribution in [2.75, 3.05) is 18.8 Å². The summed E-state index contributed by atoms with van der Waals surface area (Å²) in [7, 11) is -3.11. The van der Waals surface area contributed by atoms with Crippen molar-refractivity contribution in [2.24, 2.45) is 0 Å². The third-order valence-electron chi connectivity index (χ3n) is 5.26. The first kappa shape index (κ1) is 14.9. The summed E-state index contributed by atoms with van der Waals surface area (Å²) in [4.78, 5) is 2.40. The van der Waals surface area contributed by atoms with Crippen molar-refractivity contribution in [3.8, 4) is 0 Å². The molecule has 0 spiro atoms. The molecular weight excluding hydrogens is 306 g/mol. The summed E-state index contributed by atoms with van der Waals surface area (Å²) >= 11 is 0. The molecule has 2 aliphatic rings. The Morgan fingerprint density at radius 2 is 1.43 bits per heavy atom. The van der Waals surface area contributed by atoms with Crippen molar-refractivity contribution in [2.45, 2.75) is 23.6 Å². The zero-order valence-electron chi connectivity index (χ0n) is 13.1. The predicted molar refractivity (Wildman–Crippen MR) is 91.9 cm³/mol. The minimum atomic E-state index is -3.11. The van der Waals surface area contributed by atoms with Crippen LogP contribution in [0.1, 0.15) is 29.2 Å². The molecule has 0 radical (unpaired) electrons. The molecule has 0 unspecified atom stereocenters. The van der Waals surface area contributed by atoms with Crippen LogP contribution < -0.4 is 0 Å². The van der Waals surface area contributed by atoms with E-state index in [0.717, 1.165) is 37.1 Å². The molecule has 4 heteroatoms. The maximum atomic E-state index is 12.7. The molecule has 0 bridgehead atoms. The molecule has 2 atom stereocenters. The molecule has 0 saturated carbocycles. The van der Waals surface area contributed by atoms with E-state index in [0.29, 0.717) is 0 Å². The summed E-state index contributed by atoms with van der Waals surface area (Å²) in [5.74, 6) is 0.226. The molecule has 4 rings (SSSR count). The van der Waals surface area contributed by atoms with Gasteiger partial charge in [0.2, 0.25) is 0 Å². The van der Waals surface area contributed by atoms with Crippen LogP contribution in [0.4, 0.5) is 0 Å². The van der Waals surface area contributed by atoms with Gasteiger partial charge in [-0.1, -0.05) is 60.7 Å². The Labute approximate surface area is 137 Å². The first-order chi connectivity index (χ1) is 11.1. The largest absolute Gasteiger partial charge is 0.291 e. The van der Waals surface area contributed by atoms with E-state index in [1.54, 1.807) is 0 Å². The maximum absolute atomic E-state index is 12.7. The van der Waals surface area contributed by atoms with Crippen molar-refractivity contribution in [3.05, 3.63) is 71.8 Å². The lowest BCUT2D eigenvalue weighted by Gasteiger charge is -2.54. The van der Waals surface area contributed by atoms with Gasteiger partial charge in [0.05, 0.1) is 11.3 Å². The van der Waals surface area contributed by atoms with Crippen LogP contribution in [0.25, 0.3) is 0 Å². The molecule has 2 aromatic carbocycles. The van der Waals surface area contributed by atoms with E-state index in [-0.39, 0.29) is 5.75 Å². The highest BCUT2D eigenvalue weighted by molar-refractivity contribution is 7.93.